The number of urea groups is 1. The van der Waals surface area contributed by atoms with Crippen LogP contribution in [0.15, 0.2) is 28.6 Å². The quantitative estimate of drug-likeness (QED) is 0.485. The van der Waals surface area contributed by atoms with Crippen LogP contribution in [-0.4, -0.2) is 49.6 Å². The number of nitrogens with zero attached hydrogens (tertiary/aromatic N) is 4. The van der Waals surface area contributed by atoms with E-state index in [0.29, 0.717) is 11.4 Å². The summed E-state index contributed by atoms with van der Waals surface area (Å²) in [6, 6.07) is 6.13. The minimum absolute atomic E-state index is 0.00560. The molecule has 0 saturated heterocycles. The minimum atomic E-state index is -2.82. The predicted molar refractivity (Wildman–Crippen MR) is 102 cm³/mol. The average Bonchev–Trinajstić information content (AvgIpc) is 2.61. The molecule has 0 bridgehead atoms. The summed E-state index contributed by atoms with van der Waals surface area (Å²) in [5, 5.41) is 2.05. The van der Waals surface area contributed by atoms with Crippen LogP contribution in [0.3, 0.4) is 0 Å². The number of ether oxygens (including phenoxy) is 2. The Kier molecular flexibility index (Phi) is 9.21. The molecule has 0 radical (unpaired) electrons. The largest absolute Gasteiger partial charge is 0.467 e. The second-order valence-corrected chi connectivity index (χ2v) is 6.29. The van der Waals surface area contributed by atoms with Gasteiger partial charge in [-0.1, -0.05) is 4.36 Å². The third-order valence-electron chi connectivity index (χ3n) is 2.55. The summed E-state index contributed by atoms with van der Waals surface area (Å²) < 4.78 is 33.2. The molecular formula is C14H14IN5O6S. The third kappa shape index (κ3) is 8.50. The number of rotatable bonds is 3. The van der Waals surface area contributed by atoms with E-state index in [1.807, 2.05) is 17.4 Å². The number of anilines is 1. The molecule has 2 rings (SSSR count). The molecule has 0 saturated carbocycles. The van der Waals surface area contributed by atoms with Gasteiger partial charge in [0.05, 0.1) is 19.8 Å². The van der Waals surface area contributed by atoms with E-state index < -0.39 is 16.5 Å². The van der Waals surface area contributed by atoms with E-state index in [9.17, 15) is 18.0 Å². The third-order valence-corrected chi connectivity index (χ3v) is 3.58. The number of halogens is 1. The molecule has 0 aliphatic heterocycles. The number of nitrogens with one attached hydrogen (secondary N) is 1. The Labute approximate surface area is 169 Å². The molecular weight excluding hydrogens is 493 g/mol. The van der Waals surface area contributed by atoms with Crippen LogP contribution in [0.25, 0.3) is 0 Å². The Hall–Kier alpha value is -2.68. The van der Waals surface area contributed by atoms with Gasteiger partial charge >= 0.3 is 28.5 Å². The van der Waals surface area contributed by atoms with Gasteiger partial charge < -0.3 is 9.47 Å². The highest BCUT2D eigenvalue weighted by atomic mass is 127. The minimum Gasteiger partial charge on any atom is -0.467 e. The second kappa shape index (κ2) is 11.1. The highest BCUT2D eigenvalue weighted by molar-refractivity contribution is 14.1. The molecule has 1 aromatic carbocycles. The van der Waals surface area contributed by atoms with E-state index >= 15 is 0 Å². The average molecular weight is 507 g/mol. The first-order valence-electron chi connectivity index (χ1n) is 6.97. The standard InChI is InChI=1S/C8H7IO2.C6H7N5O4S/c1-11-8(10)6-2-4-7(9)5-3-6;1-3-7-4(10-6(8-3)15-2)9-5(12)11-16(13)14/h2-5H,1H3;1-2H3,(H,7,8,9,10,12). The second-order valence-electron chi connectivity index (χ2n) is 4.43. The first-order chi connectivity index (χ1) is 12.7. The van der Waals surface area contributed by atoms with Crippen molar-refractivity contribution in [3.8, 4) is 6.01 Å². The van der Waals surface area contributed by atoms with Gasteiger partial charge in [0, 0.05) is 3.57 Å². The van der Waals surface area contributed by atoms with Gasteiger partial charge in [-0.05, 0) is 53.8 Å². The Morgan fingerprint density at radius 3 is 2.26 bits per heavy atom. The predicted octanol–water partition coefficient (Wildman–Crippen LogP) is 1.86. The molecule has 0 aliphatic carbocycles. The number of carbonyl (C=O) groups excluding carboxylic acids is 2. The maximum atomic E-state index is 10.9. The lowest BCUT2D eigenvalue weighted by Crippen LogP contribution is -2.11. The number of benzene rings is 1. The van der Waals surface area contributed by atoms with Gasteiger partial charge in [-0.2, -0.15) is 23.4 Å². The maximum Gasteiger partial charge on any atom is 0.362 e. The normalized spacial score (nSPS) is 9.33. The van der Waals surface area contributed by atoms with Crippen molar-refractivity contribution >= 4 is 51.0 Å². The molecule has 1 heterocycles. The Morgan fingerprint density at radius 2 is 1.74 bits per heavy atom. The number of esters is 1. The summed E-state index contributed by atoms with van der Waals surface area (Å²) in [7, 11) is -0.101. The zero-order valence-electron chi connectivity index (χ0n) is 14.3. The number of aryl methyl sites for hydroxylation is 1. The molecule has 2 aromatic rings. The van der Waals surface area contributed by atoms with E-state index in [0.717, 1.165) is 3.57 Å². The summed E-state index contributed by atoms with van der Waals surface area (Å²) in [6.07, 6.45) is 0. The number of aromatic nitrogens is 3. The monoisotopic (exact) mass is 507 g/mol. The Balaban J connectivity index is 0.000000289. The van der Waals surface area contributed by atoms with Crippen molar-refractivity contribution in [3.05, 3.63) is 39.2 Å². The molecule has 144 valence electrons. The zero-order chi connectivity index (χ0) is 20.4. The molecule has 1 aromatic heterocycles. The van der Waals surface area contributed by atoms with Crippen LogP contribution >= 0.6 is 22.6 Å². The van der Waals surface area contributed by atoms with Crippen molar-refractivity contribution in [3.63, 3.8) is 0 Å². The number of carbonyl (C=O) groups is 2. The van der Waals surface area contributed by atoms with Crippen LogP contribution < -0.4 is 10.1 Å². The number of hydrogen-bond acceptors (Lipinski definition) is 9. The van der Waals surface area contributed by atoms with Gasteiger partial charge in [0.2, 0.25) is 5.95 Å². The lowest BCUT2D eigenvalue weighted by atomic mass is 10.2. The van der Waals surface area contributed by atoms with Gasteiger partial charge in [0.25, 0.3) is 0 Å². The molecule has 0 unspecified atom stereocenters. The van der Waals surface area contributed by atoms with Crippen molar-refractivity contribution in [2.45, 2.75) is 6.92 Å². The Morgan fingerprint density at radius 1 is 1.11 bits per heavy atom. The fraction of sp³-hybridized carbons (Fsp3) is 0.214. The van der Waals surface area contributed by atoms with Gasteiger partial charge in [0.15, 0.2) is 0 Å². The van der Waals surface area contributed by atoms with E-state index in [2.05, 4.69) is 46.6 Å². The van der Waals surface area contributed by atoms with Crippen molar-refractivity contribution in [2.24, 2.45) is 4.36 Å². The Bertz CT molecular complexity index is 941. The number of hydrogen-bond donors (Lipinski definition) is 1. The van der Waals surface area contributed by atoms with Crippen LogP contribution in [-0.2, 0) is 15.2 Å². The topological polar surface area (TPSA) is 150 Å². The number of amides is 2. The highest BCUT2D eigenvalue weighted by Gasteiger charge is 2.07. The van der Waals surface area contributed by atoms with Gasteiger partial charge in [0.1, 0.15) is 5.82 Å². The van der Waals surface area contributed by atoms with Crippen molar-refractivity contribution in [1.82, 2.24) is 15.0 Å². The molecule has 11 nitrogen and oxygen atoms in total. The van der Waals surface area contributed by atoms with Crippen LogP contribution in [0.1, 0.15) is 16.2 Å². The van der Waals surface area contributed by atoms with Crippen molar-refractivity contribution < 1.29 is 27.5 Å². The molecule has 0 spiro atoms. The molecule has 27 heavy (non-hydrogen) atoms. The molecule has 0 aliphatic rings. The van der Waals surface area contributed by atoms with E-state index in [1.54, 1.807) is 19.1 Å². The lowest BCUT2D eigenvalue weighted by Gasteiger charge is -2.02. The summed E-state index contributed by atoms with van der Waals surface area (Å²) in [5.74, 6) is -0.115. The smallest absolute Gasteiger partial charge is 0.362 e. The summed E-state index contributed by atoms with van der Waals surface area (Å²) >= 11 is 2.18. The lowest BCUT2D eigenvalue weighted by molar-refractivity contribution is 0.0600. The molecule has 1 N–H and O–H groups in total. The molecule has 0 atom stereocenters. The number of methoxy groups -OCH3 is 2. The molecule has 13 heteroatoms. The van der Waals surface area contributed by atoms with Crippen molar-refractivity contribution in [1.29, 1.82) is 0 Å². The first kappa shape index (κ1) is 22.4. The summed E-state index contributed by atoms with van der Waals surface area (Å²) in [4.78, 5) is 33.0. The van der Waals surface area contributed by atoms with Crippen LogP contribution in [0.4, 0.5) is 10.7 Å². The van der Waals surface area contributed by atoms with Gasteiger partial charge in [-0.25, -0.2) is 9.59 Å². The van der Waals surface area contributed by atoms with Crippen LogP contribution in [0.5, 0.6) is 6.01 Å². The summed E-state index contributed by atoms with van der Waals surface area (Å²) in [5.41, 5.74) is 0.591. The molecule has 0 fully saturated rings. The highest BCUT2D eigenvalue weighted by Crippen LogP contribution is 2.07. The van der Waals surface area contributed by atoms with Crippen LogP contribution in [0.2, 0.25) is 0 Å². The van der Waals surface area contributed by atoms with Gasteiger partial charge in [-0.3, -0.25) is 5.32 Å². The van der Waals surface area contributed by atoms with E-state index in [-0.39, 0.29) is 17.9 Å². The van der Waals surface area contributed by atoms with Crippen LogP contribution in [0, 0.1) is 10.5 Å². The van der Waals surface area contributed by atoms with E-state index in [1.165, 1.54) is 14.2 Å². The fourth-order valence-corrected chi connectivity index (χ4v) is 2.04. The first-order valence-corrected chi connectivity index (χ1v) is 9.09. The van der Waals surface area contributed by atoms with Gasteiger partial charge in [-0.15, -0.1) is 0 Å². The SMILES string of the molecule is COC(=O)c1ccc(I)cc1.COc1nc(C)nc(NC(=O)N=S(=O)=O)n1. The maximum absolute atomic E-state index is 10.9. The van der Waals surface area contributed by atoms with Crippen molar-refractivity contribution in [2.75, 3.05) is 19.5 Å². The fourth-order valence-electron chi connectivity index (χ4n) is 1.49. The molecule has 2 amide bonds. The van der Waals surface area contributed by atoms with E-state index in [4.69, 9.17) is 4.74 Å². The summed E-state index contributed by atoms with van der Waals surface area (Å²) in [6.45, 7) is 1.56. The zero-order valence-corrected chi connectivity index (χ0v) is 17.3.